The summed E-state index contributed by atoms with van der Waals surface area (Å²) in [6.07, 6.45) is 3.92. The van der Waals surface area contributed by atoms with Crippen molar-refractivity contribution in [2.45, 2.75) is 63.4 Å². The molecule has 0 radical (unpaired) electrons. The fourth-order valence-corrected chi connectivity index (χ4v) is 4.64. The second-order valence-electron chi connectivity index (χ2n) is 7.21. The number of nitrogens with two attached hydrogens (primary N) is 1. The summed E-state index contributed by atoms with van der Waals surface area (Å²) in [5, 5.41) is 10.8. The van der Waals surface area contributed by atoms with Gasteiger partial charge in [-0.3, -0.25) is 4.90 Å². The molecule has 6 heteroatoms. The molecule has 2 fully saturated rings. The first kappa shape index (κ1) is 17.7. The molecule has 24 heavy (non-hydrogen) atoms. The molecular formula is C18H25ClN2O3. The van der Waals surface area contributed by atoms with Crippen molar-refractivity contribution in [1.82, 2.24) is 4.90 Å². The molecule has 3 atom stereocenters. The van der Waals surface area contributed by atoms with E-state index in [1.807, 2.05) is 13.0 Å². The highest BCUT2D eigenvalue weighted by atomic mass is 35.5. The number of carbonyl (C=O) groups is 1. The van der Waals surface area contributed by atoms with Gasteiger partial charge in [0.2, 0.25) is 0 Å². The molecule has 4 rings (SSSR count). The highest BCUT2D eigenvalue weighted by Gasteiger charge is 2.40. The lowest BCUT2D eigenvalue weighted by Crippen LogP contribution is -2.48. The molecule has 3 N–H and O–H groups in total. The third-order valence-electron chi connectivity index (χ3n) is 5.87. The zero-order valence-corrected chi connectivity index (χ0v) is 14.7. The van der Waals surface area contributed by atoms with E-state index in [-0.39, 0.29) is 18.4 Å². The van der Waals surface area contributed by atoms with E-state index in [4.69, 9.17) is 10.5 Å². The van der Waals surface area contributed by atoms with Gasteiger partial charge < -0.3 is 15.6 Å². The summed E-state index contributed by atoms with van der Waals surface area (Å²) < 4.78 is 5.10. The van der Waals surface area contributed by atoms with Crippen molar-refractivity contribution in [3.05, 3.63) is 34.4 Å². The molecule has 3 heterocycles. The number of aliphatic hydroxyl groups is 1. The van der Waals surface area contributed by atoms with Crippen molar-refractivity contribution >= 4 is 18.4 Å². The predicted octanol–water partition coefficient (Wildman–Crippen LogP) is 2.07. The second kappa shape index (κ2) is 6.64. The number of cyclic esters (lactones) is 1. The Bertz CT molecular complexity index is 637. The summed E-state index contributed by atoms with van der Waals surface area (Å²) in [5.74, 6) is -0.257. The minimum absolute atomic E-state index is 0. The van der Waals surface area contributed by atoms with Crippen molar-refractivity contribution in [2.75, 3.05) is 6.54 Å². The molecule has 0 amide bonds. The molecule has 132 valence electrons. The number of benzene rings is 1. The van der Waals surface area contributed by atoms with E-state index in [0.717, 1.165) is 29.5 Å². The first-order valence-electron chi connectivity index (χ1n) is 8.53. The van der Waals surface area contributed by atoms with Gasteiger partial charge in [0.1, 0.15) is 6.61 Å². The number of esters is 1. The number of piperidine rings is 1. The molecule has 2 bridgehead atoms. The largest absolute Gasteiger partial charge is 0.457 e. The summed E-state index contributed by atoms with van der Waals surface area (Å²) in [6.45, 7) is 2.95. The standard InChI is InChI=1S/C18H24N2O3.ClH/c1-10-14(4-5-15-16(10)9-23-18(15)22)17(21)8-20-12-2-3-13(20)7-11(19)6-12;/h4-5,11-13,17,21H,2-3,6-9,19H2,1H3;1H/t11?,12?,13?,17-;/m0./s1. The molecule has 2 saturated heterocycles. The number of hydrogen-bond acceptors (Lipinski definition) is 5. The van der Waals surface area contributed by atoms with E-state index in [0.29, 0.717) is 36.8 Å². The number of fused-ring (bicyclic) bond motifs is 3. The summed E-state index contributed by atoms with van der Waals surface area (Å²) >= 11 is 0. The van der Waals surface area contributed by atoms with E-state index in [2.05, 4.69) is 4.90 Å². The average Bonchev–Trinajstić information content (AvgIpc) is 2.99. The number of rotatable bonds is 3. The maximum Gasteiger partial charge on any atom is 0.338 e. The van der Waals surface area contributed by atoms with Crippen LogP contribution < -0.4 is 5.73 Å². The van der Waals surface area contributed by atoms with Crippen molar-refractivity contribution < 1.29 is 14.6 Å². The monoisotopic (exact) mass is 352 g/mol. The van der Waals surface area contributed by atoms with Crippen LogP contribution in [0.1, 0.15) is 58.8 Å². The quantitative estimate of drug-likeness (QED) is 0.814. The van der Waals surface area contributed by atoms with Gasteiger partial charge in [-0.2, -0.15) is 0 Å². The van der Waals surface area contributed by atoms with Gasteiger partial charge in [-0.1, -0.05) is 6.07 Å². The van der Waals surface area contributed by atoms with Gasteiger partial charge in [-0.25, -0.2) is 4.79 Å². The summed E-state index contributed by atoms with van der Waals surface area (Å²) in [6, 6.07) is 5.00. The lowest BCUT2D eigenvalue weighted by atomic mass is 9.93. The molecule has 0 spiro atoms. The van der Waals surface area contributed by atoms with Gasteiger partial charge in [0.15, 0.2) is 0 Å². The number of ether oxygens (including phenoxy) is 1. The van der Waals surface area contributed by atoms with Crippen LogP contribution in [0.15, 0.2) is 12.1 Å². The van der Waals surface area contributed by atoms with Crippen LogP contribution in [0.3, 0.4) is 0 Å². The van der Waals surface area contributed by atoms with E-state index in [1.165, 1.54) is 12.8 Å². The second-order valence-corrected chi connectivity index (χ2v) is 7.21. The van der Waals surface area contributed by atoms with E-state index in [1.54, 1.807) is 6.07 Å². The van der Waals surface area contributed by atoms with Crippen molar-refractivity contribution in [2.24, 2.45) is 5.73 Å². The smallest absolute Gasteiger partial charge is 0.338 e. The van der Waals surface area contributed by atoms with Gasteiger partial charge >= 0.3 is 5.97 Å². The molecule has 2 unspecified atom stereocenters. The molecule has 0 aromatic heterocycles. The van der Waals surface area contributed by atoms with Crippen molar-refractivity contribution in [1.29, 1.82) is 0 Å². The maximum atomic E-state index is 11.6. The van der Waals surface area contributed by atoms with Crippen LogP contribution in [0.5, 0.6) is 0 Å². The van der Waals surface area contributed by atoms with E-state index in [9.17, 15) is 9.90 Å². The molecule has 0 aliphatic carbocycles. The Kier molecular flexibility index (Phi) is 4.89. The third-order valence-corrected chi connectivity index (χ3v) is 5.87. The Morgan fingerprint density at radius 1 is 1.33 bits per heavy atom. The highest BCUT2D eigenvalue weighted by molar-refractivity contribution is 5.93. The molecule has 5 nitrogen and oxygen atoms in total. The summed E-state index contributed by atoms with van der Waals surface area (Å²) in [4.78, 5) is 14.1. The zero-order chi connectivity index (χ0) is 16.1. The van der Waals surface area contributed by atoms with Gasteiger partial charge in [-0.05, 0) is 49.8 Å². The first-order valence-corrected chi connectivity index (χ1v) is 8.53. The van der Waals surface area contributed by atoms with E-state index >= 15 is 0 Å². The van der Waals surface area contributed by atoms with Crippen LogP contribution in [0.2, 0.25) is 0 Å². The Balaban J connectivity index is 0.00000169. The number of halogens is 1. The predicted molar refractivity (Wildman–Crippen MR) is 93.2 cm³/mol. The molecule has 3 aliphatic heterocycles. The van der Waals surface area contributed by atoms with Crippen LogP contribution in [0, 0.1) is 6.92 Å². The van der Waals surface area contributed by atoms with Gasteiger partial charge in [0.25, 0.3) is 0 Å². The van der Waals surface area contributed by atoms with Crippen molar-refractivity contribution in [3.8, 4) is 0 Å². The molecule has 1 aromatic rings. The lowest BCUT2D eigenvalue weighted by Gasteiger charge is -2.39. The van der Waals surface area contributed by atoms with E-state index < -0.39 is 6.10 Å². The summed E-state index contributed by atoms with van der Waals surface area (Å²) in [7, 11) is 0. The minimum atomic E-state index is -0.534. The Morgan fingerprint density at radius 2 is 2.00 bits per heavy atom. The van der Waals surface area contributed by atoms with Crippen LogP contribution in [0.25, 0.3) is 0 Å². The van der Waals surface area contributed by atoms with Gasteiger partial charge in [0, 0.05) is 30.2 Å². The first-order chi connectivity index (χ1) is 11.0. The third kappa shape index (κ3) is 2.84. The van der Waals surface area contributed by atoms with Crippen LogP contribution in [-0.4, -0.2) is 40.6 Å². The maximum absolute atomic E-state index is 11.6. The summed E-state index contributed by atoms with van der Waals surface area (Å²) in [5.41, 5.74) is 9.59. The number of hydrogen-bond donors (Lipinski definition) is 2. The molecule has 0 saturated carbocycles. The van der Waals surface area contributed by atoms with Crippen LogP contribution >= 0.6 is 12.4 Å². The molecular weight excluding hydrogens is 328 g/mol. The minimum Gasteiger partial charge on any atom is -0.457 e. The topological polar surface area (TPSA) is 75.8 Å². The molecule has 1 aromatic carbocycles. The fourth-order valence-electron chi connectivity index (χ4n) is 4.64. The van der Waals surface area contributed by atoms with Crippen molar-refractivity contribution in [3.63, 3.8) is 0 Å². The number of aliphatic hydroxyl groups excluding tert-OH is 1. The zero-order valence-electron chi connectivity index (χ0n) is 13.9. The fraction of sp³-hybridized carbons (Fsp3) is 0.611. The lowest BCUT2D eigenvalue weighted by molar-refractivity contribution is 0.0534. The van der Waals surface area contributed by atoms with Crippen LogP contribution in [0.4, 0.5) is 0 Å². The van der Waals surface area contributed by atoms with Crippen LogP contribution in [-0.2, 0) is 11.3 Å². The van der Waals surface area contributed by atoms with Gasteiger partial charge in [-0.15, -0.1) is 12.4 Å². The Labute approximate surface area is 148 Å². The number of nitrogens with zero attached hydrogens (tertiary/aromatic N) is 1. The average molecular weight is 353 g/mol. The SMILES string of the molecule is Cc1c([C@@H](O)CN2C3CCC2CC(N)C3)ccc2c1COC2=O.Cl. The molecule has 3 aliphatic rings. The van der Waals surface area contributed by atoms with Gasteiger partial charge in [0.05, 0.1) is 11.7 Å². The number of carbonyl (C=O) groups excluding carboxylic acids is 1. The Morgan fingerprint density at radius 3 is 2.67 bits per heavy atom. The highest BCUT2D eigenvalue weighted by Crippen LogP contribution is 2.37. The Hall–Kier alpha value is -1.14. The normalized spacial score (nSPS) is 29.8.